The number of benzene rings is 2. The molecule has 0 spiro atoms. The summed E-state index contributed by atoms with van der Waals surface area (Å²) >= 11 is 41.7. The van der Waals surface area contributed by atoms with Crippen molar-refractivity contribution in [1.29, 1.82) is 0 Å². The van der Waals surface area contributed by atoms with E-state index in [1.807, 2.05) is 0 Å². The molecule has 0 bridgehead atoms. The zero-order chi connectivity index (χ0) is 16.4. The van der Waals surface area contributed by atoms with E-state index in [1.165, 1.54) is 24.3 Å². The maximum Gasteiger partial charge on any atom is 0.125 e. The third-order valence-electron chi connectivity index (χ3n) is 2.37. The van der Waals surface area contributed by atoms with Gasteiger partial charge in [-0.1, -0.05) is 69.6 Å². The average molecular weight is 438 g/mol. The first kappa shape index (κ1) is 18.2. The third kappa shape index (κ3) is 4.24. The third-order valence-corrected chi connectivity index (χ3v) is 4.20. The molecule has 2 aromatic rings. The Morgan fingerprint density at radius 3 is 1.55 bits per heavy atom. The number of hydrogen-bond acceptors (Lipinski definition) is 2. The van der Waals surface area contributed by atoms with Gasteiger partial charge in [0.1, 0.15) is 11.4 Å². The molecule has 0 amide bonds. The Balaban J connectivity index is 2.35. The van der Waals surface area contributed by atoms with Crippen molar-refractivity contribution in [2.75, 3.05) is 4.53 Å². The minimum absolute atomic E-state index is 0.208. The lowest BCUT2D eigenvalue weighted by Gasteiger charge is -2.12. The van der Waals surface area contributed by atoms with Crippen molar-refractivity contribution in [2.45, 2.75) is 0 Å². The van der Waals surface area contributed by atoms with Crippen LogP contribution in [0, 0.1) is 0 Å². The number of rotatable bonds is 3. The standard InChI is InChI=1S/C12H4Cl7N3/c13-5-1-7(15)11(8(16)2-5)20-21-22(19)12-9(17)3-6(14)4-10(12)18/h1-4H. The molecule has 0 aliphatic carbocycles. The fraction of sp³-hybridized carbons (Fsp3) is 0. The van der Waals surface area contributed by atoms with Gasteiger partial charge in [0.2, 0.25) is 0 Å². The summed E-state index contributed by atoms with van der Waals surface area (Å²) in [4.78, 5) is 0. The molecule has 10 heteroatoms. The van der Waals surface area contributed by atoms with E-state index in [0.717, 1.165) is 4.53 Å². The SMILES string of the molecule is Clc1cc(Cl)c(N=NN(Cl)c2c(Cl)cc(Cl)cc2Cl)c(Cl)c1. The highest BCUT2D eigenvalue weighted by Gasteiger charge is 2.15. The van der Waals surface area contributed by atoms with Gasteiger partial charge < -0.3 is 0 Å². The van der Waals surface area contributed by atoms with Crippen molar-refractivity contribution in [3.05, 3.63) is 54.4 Å². The summed E-state index contributed by atoms with van der Waals surface area (Å²) < 4.78 is 0.863. The topological polar surface area (TPSA) is 28.0 Å². The molecule has 22 heavy (non-hydrogen) atoms. The second kappa shape index (κ2) is 7.63. The van der Waals surface area contributed by atoms with Crippen LogP contribution in [0.4, 0.5) is 11.4 Å². The van der Waals surface area contributed by atoms with Crippen LogP contribution >= 0.6 is 81.4 Å². The van der Waals surface area contributed by atoms with Crippen LogP contribution in [0.1, 0.15) is 0 Å². The number of anilines is 1. The molecule has 2 aromatic carbocycles. The molecule has 0 aliphatic heterocycles. The highest BCUT2D eigenvalue weighted by Crippen LogP contribution is 2.40. The van der Waals surface area contributed by atoms with E-state index in [0.29, 0.717) is 10.0 Å². The smallest absolute Gasteiger partial charge is 0.125 e. The van der Waals surface area contributed by atoms with Gasteiger partial charge in [0.15, 0.2) is 0 Å². The summed E-state index contributed by atoms with van der Waals surface area (Å²) in [5, 5.41) is 9.24. The van der Waals surface area contributed by atoms with Crippen molar-refractivity contribution in [2.24, 2.45) is 10.3 Å². The van der Waals surface area contributed by atoms with Crippen LogP contribution in [0.25, 0.3) is 0 Å². The molecule has 0 atom stereocenters. The van der Waals surface area contributed by atoms with Crippen LogP contribution in [0.2, 0.25) is 30.1 Å². The number of nitrogens with zero attached hydrogens (tertiary/aromatic N) is 3. The molecule has 3 nitrogen and oxygen atoms in total. The monoisotopic (exact) mass is 435 g/mol. The van der Waals surface area contributed by atoms with Crippen molar-refractivity contribution < 1.29 is 0 Å². The minimum Gasteiger partial charge on any atom is -0.151 e. The van der Waals surface area contributed by atoms with Gasteiger partial charge in [-0.15, -0.1) is 5.11 Å². The molecule has 116 valence electrons. The number of halogens is 7. The van der Waals surface area contributed by atoms with Crippen LogP contribution in [-0.4, -0.2) is 0 Å². The molecule has 0 saturated heterocycles. The van der Waals surface area contributed by atoms with E-state index < -0.39 is 0 Å². The highest BCUT2D eigenvalue weighted by atomic mass is 35.5. The van der Waals surface area contributed by atoms with Crippen molar-refractivity contribution in [3.63, 3.8) is 0 Å². The zero-order valence-corrected chi connectivity index (χ0v) is 15.6. The molecule has 2 rings (SSSR count). The zero-order valence-electron chi connectivity index (χ0n) is 10.3. The van der Waals surface area contributed by atoms with E-state index in [2.05, 4.69) is 10.3 Å². The molecule has 0 saturated carbocycles. The first-order chi connectivity index (χ1) is 10.3. The Labute approximate surface area is 161 Å². The molecule has 0 aromatic heterocycles. The van der Waals surface area contributed by atoms with Crippen LogP contribution in [0.15, 0.2) is 34.6 Å². The summed E-state index contributed by atoms with van der Waals surface area (Å²) in [5.74, 6) is 0. The van der Waals surface area contributed by atoms with Gasteiger partial charge in [0.25, 0.3) is 0 Å². The minimum atomic E-state index is 0.208. The molecule has 0 aliphatic rings. The quantitative estimate of drug-likeness (QED) is 0.269. The fourth-order valence-corrected chi connectivity index (χ4v) is 3.64. The van der Waals surface area contributed by atoms with E-state index in [4.69, 9.17) is 81.4 Å². The van der Waals surface area contributed by atoms with Gasteiger partial charge in [-0.25, -0.2) is 0 Å². The molecule has 0 fully saturated rings. The summed E-state index contributed by atoms with van der Waals surface area (Å²) in [5.41, 5.74) is 0.430. The van der Waals surface area contributed by atoms with Crippen molar-refractivity contribution in [1.82, 2.24) is 0 Å². The maximum atomic E-state index is 6.03. The second-order valence-corrected chi connectivity index (χ2v) is 6.71. The van der Waals surface area contributed by atoms with Gasteiger partial charge in [0.05, 0.1) is 20.1 Å². The lowest BCUT2D eigenvalue weighted by atomic mass is 10.3. The molecule has 0 unspecified atom stereocenters. The summed E-state index contributed by atoms with van der Waals surface area (Å²) in [6.07, 6.45) is 0. The maximum absolute atomic E-state index is 6.03. The van der Waals surface area contributed by atoms with E-state index in [-0.39, 0.29) is 31.5 Å². The molecule has 0 N–H and O–H groups in total. The van der Waals surface area contributed by atoms with E-state index in [9.17, 15) is 0 Å². The number of hydrogen-bond donors (Lipinski definition) is 0. The predicted octanol–water partition coefficient (Wildman–Crippen LogP) is 8.27. The summed E-state index contributed by atoms with van der Waals surface area (Å²) in [6.45, 7) is 0. The normalized spacial score (nSPS) is 11.2. The Kier molecular flexibility index (Phi) is 6.31. The molecular weight excluding hydrogens is 434 g/mol. The average Bonchev–Trinajstić information content (AvgIpc) is 2.35. The first-order valence-corrected chi connectivity index (χ1v) is 8.07. The summed E-state index contributed by atoms with van der Waals surface area (Å²) in [6, 6.07) is 5.89. The Hall–Kier alpha value is -0.130. The largest absolute Gasteiger partial charge is 0.151 e. The fourth-order valence-electron chi connectivity index (χ4n) is 1.47. The summed E-state index contributed by atoms with van der Waals surface area (Å²) in [7, 11) is 0. The second-order valence-electron chi connectivity index (χ2n) is 3.89. The Morgan fingerprint density at radius 2 is 1.09 bits per heavy atom. The molecule has 0 heterocycles. The van der Waals surface area contributed by atoms with Crippen LogP contribution in [0.5, 0.6) is 0 Å². The van der Waals surface area contributed by atoms with Gasteiger partial charge >= 0.3 is 0 Å². The predicted molar refractivity (Wildman–Crippen MR) is 95.8 cm³/mol. The van der Waals surface area contributed by atoms with Crippen LogP contribution < -0.4 is 4.53 Å². The lowest BCUT2D eigenvalue weighted by Crippen LogP contribution is -2.01. The highest BCUT2D eigenvalue weighted by molar-refractivity contribution is 6.44. The molecule has 0 radical (unpaired) electrons. The molecular formula is C12H4Cl7N3. The van der Waals surface area contributed by atoms with Crippen LogP contribution in [-0.2, 0) is 0 Å². The van der Waals surface area contributed by atoms with Crippen molar-refractivity contribution >= 4 is 92.8 Å². The van der Waals surface area contributed by atoms with Crippen LogP contribution in [0.3, 0.4) is 0 Å². The van der Waals surface area contributed by atoms with Gasteiger partial charge in [-0.2, -0.15) is 4.53 Å². The Bertz CT molecular complexity index is 701. The van der Waals surface area contributed by atoms with Gasteiger partial charge in [0, 0.05) is 21.8 Å². The lowest BCUT2D eigenvalue weighted by molar-refractivity contribution is 1.04. The first-order valence-electron chi connectivity index (χ1n) is 5.46. The van der Waals surface area contributed by atoms with Gasteiger partial charge in [-0.3, -0.25) is 0 Å². The Morgan fingerprint density at radius 1 is 0.682 bits per heavy atom. The van der Waals surface area contributed by atoms with Gasteiger partial charge in [-0.05, 0) is 29.5 Å². The van der Waals surface area contributed by atoms with Crippen molar-refractivity contribution in [3.8, 4) is 0 Å². The van der Waals surface area contributed by atoms with E-state index in [1.54, 1.807) is 0 Å². The van der Waals surface area contributed by atoms with E-state index >= 15 is 0 Å².